The number of rotatable bonds is 5. The molecule has 0 amide bonds. The summed E-state index contributed by atoms with van der Waals surface area (Å²) in [6, 6.07) is 12.0. The Morgan fingerprint density at radius 2 is 2.03 bits per heavy atom. The van der Waals surface area contributed by atoms with Crippen LogP contribution in [0.15, 0.2) is 53.5 Å². The lowest BCUT2D eigenvalue weighted by molar-refractivity contribution is 0.317. The van der Waals surface area contributed by atoms with E-state index in [4.69, 9.17) is 4.74 Å². The monoisotopic (exact) mass is 405 g/mol. The number of hydrogen-bond acceptors (Lipinski definition) is 6. The van der Waals surface area contributed by atoms with Gasteiger partial charge in [-0.15, -0.1) is 5.10 Å². The lowest BCUT2D eigenvalue weighted by atomic mass is 10.2. The van der Waals surface area contributed by atoms with Crippen molar-refractivity contribution in [1.29, 1.82) is 0 Å². The topological polar surface area (TPSA) is 104 Å². The summed E-state index contributed by atoms with van der Waals surface area (Å²) in [7, 11) is 0. The molecular weight excluding hydrogens is 389 g/mol. The Morgan fingerprint density at radius 1 is 1.17 bits per heavy atom. The van der Waals surface area contributed by atoms with E-state index in [1.54, 1.807) is 19.1 Å². The van der Waals surface area contributed by atoms with Crippen molar-refractivity contribution >= 4 is 22.2 Å². The number of halogens is 1. The predicted molar refractivity (Wildman–Crippen MR) is 107 cm³/mol. The quantitative estimate of drug-likeness (QED) is 0.482. The van der Waals surface area contributed by atoms with Gasteiger partial charge < -0.3 is 9.72 Å². The molecule has 150 valence electrons. The van der Waals surface area contributed by atoms with Crippen LogP contribution in [-0.2, 0) is 6.54 Å². The Bertz CT molecular complexity index is 1440. The smallest absolute Gasteiger partial charge is 0.328 e. The Kier molecular flexibility index (Phi) is 4.24. The van der Waals surface area contributed by atoms with E-state index in [1.165, 1.54) is 21.5 Å². The number of aromatic amines is 1. The van der Waals surface area contributed by atoms with Crippen LogP contribution in [-0.4, -0.2) is 41.1 Å². The first-order valence-electron chi connectivity index (χ1n) is 9.32. The van der Waals surface area contributed by atoms with Crippen LogP contribution in [0.3, 0.4) is 0 Å². The number of para-hydroxylation sites is 2. The number of nitrogens with zero attached hydrogens (tertiary/aromatic N) is 6. The zero-order valence-corrected chi connectivity index (χ0v) is 15.9. The van der Waals surface area contributed by atoms with Crippen molar-refractivity contribution in [1.82, 2.24) is 34.5 Å². The third-order valence-corrected chi connectivity index (χ3v) is 4.71. The molecule has 3 heterocycles. The van der Waals surface area contributed by atoms with Crippen molar-refractivity contribution in [3.8, 4) is 11.7 Å². The van der Waals surface area contributed by atoms with E-state index in [0.717, 1.165) is 5.52 Å². The summed E-state index contributed by atoms with van der Waals surface area (Å²) in [6.45, 7) is 2.17. The van der Waals surface area contributed by atoms with E-state index in [2.05, 4.69) is 25.3 Å². The highest BCUT2D eigenvalue weighted by atomic mass is 19.1. The lowest BCUT2D eigenvalue weighted by Gasteiger charge is -2.11. The zero-order chi connectivity index (χ0) is 20.7. The van der Waals surface area contributed by atoms with E-state index in [9.17, 15) is 9.18 Å². The van der Waals surface area contributed by atoms with Crippen LogP contribution < -0.4 is 10.4 Å². The summed E-state index contributed by atoms with van der Waals surface area (Å²) in [6.07, 6.45) is 1.51. The molecule has 0 fully saturated rings. The minimum atomic E-state index is -0.480. The molecular formula is C20H16FN7O2. The molecule has 0 radical (unpaired) electrons. The summed E-state index contributed by atoms with van der Waals surface area (Å²) >= 11 is 0. The van der Waals surface area contributed by atoms with Crippen molar-refractivity contribution in [3.05, 3.63) is 70.5 Å². The zero-order valence-electron chi connectivity index (χ0n) is 15.9. The second kappa shape index (κ2) is 7.07. The van der Waals surface area contributed by atoms with Gasteiger partial charge >= 0.3 is 5.69 Å². The molecule has 0 bridgehead atoms. The molecule has 5 rings (SSSR count). The number of ether oxygens (including phenoxy) is 1. The van der Waals surface area contributed by atoms with Crippen LogP contribution in [0.2, 0.25) is 0 Å². The van der Waals surface area contributed by atoms with Gasteiger partial charge in [0.25, 0.3) is 5.95 Å². The first kappa shape index (κ1) is 18.0. The molecule has 0 aliphatic heterocycles. The molecule has 5 aromatic rings. The Morgan fingerprint density at radius 3 is 2.90 bits per heavy atom. The van der Waals surface area contributed by atoms with E-state index >= 15 is 0 Å². The van der Waals surface area contributed by atoms with Crippen LogP contribution in [0, 0.1) is 5.82 Å². The molecule has 0 unspecified atom stereocenters. The molecule has 2 aromatic carbocycles. The normalized spacial score (nSPS) is 11.4. The van der Waals surface area contributed by atoms with Crippen LogP contribution in [0.1, 0.15) is 12.5 Å². The summed E-state index contributed by atoms with van der Waals surface area (Å²) in [5, 5.41) is 8.23. The predicted octanol–water partition coefficient (Wildman–Crippen LogP) is 2.44. The van der Waals surface area contributed by atoms with E-state index in [-0.39, 0.29) is 23.9 Å². The minimum absolute atomic E-state index is 0.0838. The first-order valence-corrected chi connectivity index (χ1v) is 9.32. The molecule has 0 spiro atoms. The summed E-state index contributed by atoms with van der Waals surface area (Å²) in [5.74, 6) is -0.0855. The Balaban J connectivity index is 1.64. The molecule has 0 aliphatic rings. The van der Waals surface area contributed by atoms with Gasteiger partial charge in [-0.2, -0.15) is 9.67 Å². The van der Waals surface area contributed by atoms with Gasteiger partial charge in [0.05, 0.1) is 24.9 Å². The maximum atomic E-state index is 14.2. The van der Waals surface area contributed by atoms with E-state index in [0.29, 0.717) is 28.9 Å². The number of fused-ring (bicyclic) bond motifs is 2. The van der Waals surface area contributed by atoms with Crippen LogP contribution in [0.4, 0.5) is 4.39 Å². The standard InChI is InChI=1S/C20H16FN7O2/c1-2-30-17-12(6-5-7-13(17)21)11-27-18-15(23-20(27)29)10-22-19(24-18)28-16-9-4-3-8-14(16)25-26-28/h3-10H,2,11H2,1H3,(H,23,29). The highest BCUT2D eigenvalue weighted by molar-refractivity contribution is 5.76. The Hall–Kier alpha value is -4.08. The number of nitrogens with one attached hydrogen (secondary N) is 1. The van der Waals surface area contributed by atoms with Crippen LogP contribution >= 0.6 is 0 Å². The number of hydrogen-bond donors (Lipinski definition) is 1. The third-order valence-electron chi connectivity index (χ3n) is 4.71. The average molecular weight is 405 g/mol. The van der Waals surface area contributed by atoms with Gasteiger partial charge in [-0.25, -0.2) is 14.2 Å². The first-order chi connectivity index (χ1) is 14.7. The highest BCUT2D eigenvalue weighted by Crippen LogP contribution is 2.24. The van der Waals surface area contributed by atoms with Crippen molar-refractivity contribution in [3.63, 3.8) is 0 Å². The molecule has 10 heteroatoms. The van der Waals surface area contributed by atoms with Gasteiger partial charge in [-0.1, -0.05) is 29.5 Å². The fourth-order valence-electron chi connectivity index (χ4n) is 3.36. The molecule has 0 saturated carbocycles. The van der Waals surface area contributed by atoms with Gasteiger partial charge in [0.15, 0.2) is 17.2 Å². The van der Waals surface area contributed by atoms with Crippen molar-refractivity contribution in [2.45, 2.75) is 13.5 Å². The number of aromatic nitrogens is 7. The van der Waals surface area contributed by atoms with Gasteiger partial charge in [-0.05, 0) is 25.1 Å². The SMILES string of the molecule is CCOc1c(F)cccc1Cn1c(=O)[nH]c2cnc(-n3nnc4ccccc43)nc21. The van der Waals surface area contributed by atoms with Crippen molar-refractivity contribution in [2.24, 2.45) is 0 Å². The molecule has 0 atom stereocenters. The molecule has 1 N–H and O–H groups in total. The van der Waals surface area contributed by atoms with Crippen molar-refractivity contribution < 1.29 is 9.13 Å². The molecule has 3 aromatic heterocycles. The van der Waals surface area contributed by atoms with E-state index < -0.39 is 5.82 Å². The van der Waals surface area contributed by atoms with Gasteiger partial charge in [0.2, 0.25) is 0 Å². The largest absolute Gasteiger partial charge is 0.490 e. The fourth-order valence-corrected chi connectivity index (χ4v) is 3.36. The van der Waals surface area contributed by atoms with Crippen molar-refractivity contribution in [2.75, 3.05) is 6.61 Å². The molecule has 0 saturated heterocycles. The lowest BCUT2D eigenvalue weighted by Crippen LogP contribution is -2.18. The number of benzene rings is 2. The second-order valence-corrected chi connectivity index (χ2v) is 6.57. The Labute approximate surface area is 168 Å². The third kappa shape index (κ3) is 2.89. The maximum absolute atomic E-state index is 14.2. The van der Waals surface area contributed by atoms with Crippen LogP contribution in [0.5, 0.6) is 5.75 Å². The number of H-pyrrole nitrogens is 1. The number of imidazole rings is 1. The van der Waals surface area contributed by atoms with E-state index in [1.807, 2.05) is 24.3 Å². The average Bonchev–Trinajstić information content (AvgIpc) is 3.31. The minimum Gasteiger partial charge on any atom is -0.490 e. The second-order valence-electron chi connectivity index (χ2n) is 6.57. The molecule has 9 nitrogen and oxygen atoms in total. The van der Waals surface area contributed by atoms with Crippen LogP contribution in [0.25, 0.3) is 28.1 Å². The van der Waals surface area contributed by atoms with Gasteiger partial charge in [0.1, 0.15) is 11.0 Å². The maximum Gasteiger partial charge on any atom is 0.328 e. The highest BCUT2D eigenvalue weighted by Gasteiger charge is 2.16. The van der Waals surface area contributed by atoms with Gasteiger partial charge in [-0.3, -0.25) is 4.57 Å². The molecule has 30 heavy (non-hydrogen) atoms. The summed E-state index contributed by atoms with van der Waals surface area (Å²) in [5.41, 5.74) is 2.43. The molecule has 0 aliphatic carbocycles. The van der Waals surface area contributed by atoms with Gasteiger partial charge in [0, 0.05) is 5.56 Å². The summed E-state index contributed by atoms with van der Waals surface area (Å²) < 4.78 is 22.6. The fraction of sp³-hybridized carbons (Fsp3) is 0.150. The summed E-state index contributed by atoms with van der Waals surface area (Å²) in [4.78, 5) is 24.1.